The molecule has 0 aliphatic heterocycles. The lowest BCUT2D eigenvalue weighted by molar-refractivity contribution is 0.0952. The third kappa shape index (κ3) is 3.78. The van der Waals surface area contributed by atoms with Gasteiger partial charge in [0, 0.05) is 17.8 Å². The van der Waals surface area contributed by atoms with Gasteiger partial charge in [-0.3, -0.25) is 4.79 Å². The standard InChI is InChI=1S/C15H16ClN3O/c1-10-14(9-18-11(2)19-10)15(20)17-7-6-12-4-3-5-13(16)8-12/h3-5,8-9H,6-7H2,1-2H3,(H,17,20). The average Bonchev–Trinajstić information content (AvgIpc) is 2.38. The first-order valence-corrected chi connectivity index (χ1v) is 6.77. The van der Waals surface area contributed by atoms with Crippen LogP contribution in [-0.4, -0.2) is 22.4 Å². The van der Waals surface area contributed by atoms with Crippen molar-refractivity contribution in [2.24, 2.45) is 0 Å². The summed E-state index contributed by atoms with van der Waals surface area (Å²) in [6.45, 7) is 4.15. The van der Waals surface area contributed by atoms with E-state index in [4.69, 9.17) is 11.6 Å². The van der Waals surface area contributed by atoms with E-state index in [9.17, 15) is 4.79 Å². The maximum atomic E-state index is 12.0. The SMILES string of the molecule is Cc1ncc(C(=O)NCCc2cccc(Cl)c2)c(C)n1. The molecule has 1 aromatic heterocycles. The third-order valence-electron chi connectivity index (χ3n) is 2.93. The minimum atomic E-state index is -0.149. The fraction of sp³-hybridized carbons (Fsp3) is 0.267. The molecule has 0 aliphatic carbocycles. The minimum absolute atomic E-state index is 0.149. The molecule has 0 saturated carbocycles. The van der Waals surface area contributed by atoms with E-state index in [1.807, 2.05) is 24.3 Å². The lowest BCUT2D eigenvalue weighted by Crippen LogP contribution is -2.27. The quantitative estimate of drug-likeness (QED) is 0.941. The maximum absolute atomic E-state index is 12.0. The van der Waals surface area contributed by atoms with Crippen molar-refractivity contribution in [1.82, 2.24) is 15.3 Å². The molecule has 0 saturated heterocycles. The molecule has 0 radical (unpaired) electrons. The Morgan fingerprint density at radius 2 is 2.15 bits per heavy atom. The Balaban J connectivity index is 1.92. The summed E-state index contributed by atoms with van der Waals surface area (Å²) in [6.07, 6.45) is 2.30. The Morgan fingerprint density at radius 3 is 2.85 bits per heavy atom. The van der Waals surface area contributed by atoms with E-state index >= 15 is 0 Å². The summed E-state index contributed by atoms with van der Waals surface area (Å²) < 4.78 is 0. The highest BCUT2D eigenvalue weighted by molar-refractivity contribution is 6.30. The van der Waals surface area contributed by atoms with Crippen LogP contribution < -0.4 is 5.32 Å². The predicted molar refractivity (Wildman–Crippen MR) is 79.0 cm³/mol. The number of aromatic nitrogens is 2. The highest BCUT2D eigenvalue weighted by atomic mass is 35.5. The van der Waals surface area contributed by atoms with Gasteiger partial charge in [-0.25, -0.2) is 9.97 Å². The first kappa shape index (κ1) is 14.5. The van der Waals surface area contributed by atoms with Gasteiger partial charge in [0.15, 0.2) is 0 Å². The second-order valence-corrected chi connectivity index (χ2v) is 4.99. The van der Waals surface area contributed by atoms with Crippen molar-refractivity contribution in [3.8, 4) is 0 Å². The second-order valence-electron chi connectivity index (χ2n) is 4.55. The van der Waals surface area contributed by atoms with E-state index in [0.29, 0.717) is 28.6 Å². The monoisotopic (exact) mass is 289 g/mol. The molecule has 4 nitrogen and oxygen atoms in total. The van der Waals surface area contributed by atoms with E-state index in [1.165, 1.54) is 0 Å². The maximum Gasteiger partial charge on any atom is 0.254 e. The van der Waals surface area contributed by atoms with Gasteiger partial charge in [0.2, 0.25) is 0 Å². The van der Waals surface area contributed by atoms with E-state index < -0.39 is 0 Å². The average molecular weight is 290 g/mol. The van der Waals surface area contributed by atoms with Crippen LogP contribution >= 0.6 is 11.6 Å². The molecule has 1 N–H and O–H groups in total. The molecule has 0 unspecified atom stereocenters. The van der Waals surface area contributed by atoms with Gasteiger partial charge in [-0.05, 0) is 38.0 Å². The first-order chi connectivity index (χ1) is 9.56. The number of amides is 1. The summed E-state index contributed by atoms with van der Waals surface area (Å²) in [6, 6.07) is 7.61. The Morgan fingerprint density at radius 1 is 1.35 bits per heavy atom. The fourth-order valence-corrected chi connectivity index (χ4v) is 2.13. The van der Waals surface area contributed by atoms with Crippen LogP contribution in [0.1, 0.15) is 27.4 Å². The van der Waals surface area contributed by atoms with Crippen LogP contribution in [0.4, 0.5) is 0 Å². The number of carbonyl (C=O) groups excluding carboxylic acids is 1. The summed E-state index contributed by atoms with van der Waals surface area (Å²) in [5, 5.41) is 3.57. The number of hydrogen-bond acceptors (Lipinski definition) is 3. The van der Waals surface area contributed by atoms with Crippen LogP contribution in [0.25, 0.3) is 0 Å². The normalized spacial score (nSPS) is 10.3. The molecular weight excluding hydrogens is 274 g/mol. The molecule has 20 heavy (non-hydrogen) atoms. The van der Waals surface area contributed by atoms with E-state index in [1.54, 1.807) is 20.0 Å². The van der Waals surface area contributed by atoms with Crippen molar-refractivity contribution < 1.29 is 4.79 Å². The molecular formula is C15H16ClN3O. The Kier molecular flexibility index (Phi) is 4.69. The molecule has 0 aliphatic rings. The van der Waals surface area contributed by atoms with Gasteiger partial charge in [-0.1, -0.05) is 23.7 Å². The van der Waals surface area contributed by atoms with Gasteiger partial charge in [0.05, 0.1) is 11.3 Å². The summed E-state index contributed by atoms with van der Waals surface area (Å²) in [7, 11) is 0. The van der Waals surface area contributed by atoms with Gasteiger partial charge < -0.3 is 5.32 Å². The highest BCUT2D eigenvalue weighted by Gasteiger charge is 2.10. The summed E-state index contributed by atoms with van der Waals surface area (Å²) in [5.74, 6) is 0.516. The molecule has 1 amide bonds. The van der Waals surface area contributed by atoms with Crippen LogP contribution in [0.2, 0.25) is 5.02 Å². The third-order valence-corrected chi connectivity index (χ3v) is 3.17. The van der Waals surface area contributed by atoms with Crippen molar-refractivity contribution in [3.63, 3.8) is 0 Å². The van der Waals surface area contributed by atoms with Crippen molar-refractivity contribution >= 4 is 17.5 Å². The smallest absolute Gasteiger partial charge is 0.254 e. The van der Waals surface area contributed by atoms with Crippen molar-refractivity contribution in [3.05, 3.63) is 58.1 Å². The number of rotatable bonds is 4. The Bertz CT molecular complexity index is 628. The molecule has 0 spiro atoms. The topological polar surface area (TPSA) is 54.9 Å². The van der Waals surface area contributed by atoms with Crippen LogP contribution in [0.5, 0.6) is 0 Å². The molecule has 0 bridgehead atoms. The van der Waals surface area contributed by atoms with E-state index in [0.717, 1.165) is 12.0 Å². The van der Waals surface area contributed by atoms with Crippen molar-refractivity contribution in [1.29, 1.82) is 0 Å². The zero-order valence-electron chi connectivity index (χ0n) is 11.5. The van der Waals surface area contributed by atoms with Gasteiger partial charge in [0.1, 0.15) is 5.82 Å². The molecule has 2 rings (SSSR count). The minimum Gasteiger partial charge on any atom is -0.352 e. The van der Waals surface area contributed by atoms with E-state index in [-0.39, 0.29) is 5.91 Å². The predicted octanol–water partition coefficient (Wildman–Crippen LogP) is 2.72. The Labute approximate surface area is 123 Å². The zero-order valence-corrected chi connectivity index (χ0v) is 12.2. The largest absolute Gasteiger partial charge is 0.352 e. The van der Waals surface area contributed by atoms with Crippen LogP contribution in [0.15, 0.2) is 30.5 Å². The number of benzene rings is 1. The Hall–Kier alpha value is -1.94. The number of nitrogens with zero attached hydrogens (tertiary/aromatic N) is 2. The van der Waals surface area contributed by atoms with Gasteiger partial charge in [0.25, 0.3) is 5.91 Å². The molecule has 1 aromatic carbocycles. The second kappa shape index (κ2) is 6.48. The number of hydrogen-bond donors (Lipinski definition) is 1. The lowest BCUT2D eigenvalue weighted by Gasteiger charge is -2.07. The van der Waals surface area contributed by atoms with Gasteiger partial charge >= 0.3 is 0 Å². The zero-order chi connectivity index (χ0) is 14.5. The first-order valence-electron chi connectivity index (χ1n) is 6.39. The van der Waals surface area contributed by atoms with Gasteiger partial charge in [-0.15, -0.1) is 0 Å². The van der Waals surface area contributed by atoms with Crippen LogP contribution in [-0.2, 0) is 6.42 Å². The number of halogens is 1. The molecule has 0 fully saturated rings. The molecule has 0 atom stereocenters. The number of carbonyl (C=O) groups is 1. The molecule has 2 aromatic rings. The molecule has 5 heteroatoms. The van der Waals surface area contributed by atoms with Gasteiger partial charge in [-0.2, -0.15) is 0 Å². The summed E-state index contributed by atoms with van der Waals surface area (Å²) in [4.78, 5) is 20.2. The summed E-state index contributed by atoms with van der Waals surface area (Å²) >= 11 is 5.91. The number of aryl methyl sites for hydroxylation is 2. The fourth-order valence-electron chi connectivity index (χ4n) is 1.91. The highest BCUT2D eigenvalue weighted by Crippen LogP contribution is 2.10. The lowest BCUT2D eigenvalue weighted by atomic mass is 10.1. The van der Waals surface area contributed by atoms with Crippen molar-refractivity contribution in [2.45, 2.75) is 20.3 Å². The molecule has 1 heterocycles. The van der Waals surface area contributed by atoms with E-state index in [2.05, 4.69) is 15.3 Å². The molecule has 104 valence electrons. The van der Waals surface area contributed by atoms with Crippen LogP contribution in [0, 0.1) is 13.8 Å². The summed E-state index contributed by atoms with van der Waals surface area (Å²) in [5.41, 5.74) is 2.30. The van der Waals surface area contributed by atoms with Crippen molar-refractivity contribution in [2.75, 3.05) is 6.54 Å². The van der Waals surface area contributed by atoms with Crippen LogP contribution in [0.3, 0.4) is 0 Å². The number of nitrogens with one attached hydrogen (secondary N) is 1.